The third-order valence-electron chi connectivity index (χ3n) is 5.82. The molecule has 1 amide bonds. The number of aromatic hydroxyl groups is 1. The summed E-state index contributed by atoms with van der Waals surface area (Å²) in [7, 11) is 0. The van der Waals surface area contributed by atoms with E-state index in [-0.39, 0.29) is 23.7 Å². The number of hydrogen-bond donors (Lipinski definition) is 4. The van der Waals surface area contributed by atoms with Gasteiger partial charge in [-0.05, 0) is 58.9 Å². The van der Waals surface area contributed by atoms with Crippen LogP contribution in [0.15, 0.2) is 59.7 Å². The molecule has 0 aromatic heterocycles. The third kappa shape index (κ3) is 3.26. The van der Waals surface area contributed by atoms with E-state index in [9.17, 15) is 9.90 Å². The number of nitrogens with one attached hydrogen (secondary N) is 3. The minimum Gasteiger partial charge on any atom is -0.507 e. The lowest BCUT2D eigenvalue weighted by Gasteiger charge is -2.14. The second-order valence-corrected chi connectivity index (χ2v) is 7.58. The fourth-order valence-corrected chi connectivity index (χ4v) is 4.35. The predicted molar refractivity (Wildman–Crippen MR) is 113 cm³/mol. The highest BCUT2D eigenvalue weighted by atomic mass is 16.3. The number of hydrazine groups is 1. The van der Waals surface area contributed by atoms with Crippen molar-refractivity contribution in [3.63, 3.8) is 0 Å². The summed E-state index contributed by atoms with van der Waals surface area (Å²) in [5, 5.41) is 16.4. The van der Waals surface area contributed by atoms with Gasteiger partial charge in [-0.1, -0.05) is 42.5 Å². The van der Waals surface area contributed by atoms with Crippen molar-refractivity contribution in [3.8, 4) is 5.75 Å². The van der Waals surface area contributed by atoms with Crippen LogP contribution >= 0.6 is 0 Å². The van der Waals surface area contributed by atoms with Gasteiger partial charge in [0.05, 0.1) is 6.21 Å². The Morgan fingerprint density at radius 3 is 2.72 bits per heavy atom. The normalized spacial score (nSPS) is 20.6. The molecule has 1 heterocycles. The number of carbonyl (C=O) groups excluding carboxylic acids is 1. The van der Waals surface area contributed by atoms with Crippen LogP contribution in [0.25, 0.3) is 10.8 Å². The maximum Gasteiger partial charge on any atom is 0.258 e. The summed E-state index contributed by atoms with van der Waals surface area (Å²) >= 11 is 0. The molecule has 6 nitrogen and oxygen atoms in total. The van der Waals surface area contributed by atoms with Crippen LogP contribution in [0, 0.1) is 0 Å². The number of phenolic OH excluding ortho intramolecular Hbond substituents is 1. The summed E-state index contributed by atoms with van der Waals surface area (Å²) in [5.74, 6) is -0.0872. The monoisotopic (exact) mass is 386 g/mol. The Balaban J connectivity index is 1.29. The first-order chi connectivity index (χ1) is 14.2. The van der Waals surface area contributed by atoms with E-state index >= 15 is 0 Å². The van der Waals surface area contributed by atoms with Crippen LogP contribution in [0.5, 0.6) is 5.75 Å². The van der Waals surface area contributed by atoms with Crippen molar-refractivity contribution in [2.24, 2.45) is 5.10 Å². The lowest BCUT2D eigenvalue weighted by molar-refractivity contribution is -0.122. The zero-order chi connectivity index (χ0) is 19.8. The second-order valence-electron chi connectivity index (χ2n) is 7.58. The number of nitrogens with zero attached hydrogens (tertiary/aromatic N) is 1. The molecule has 3 aromatic carbocycles. The van der Waals surface area contributed by atoms with Crippen LogP contribution in [-0.4, -0.2) is 23.3 Å². The lowest BCUT2D eigenvalue weighted by Crippen LogP contribution is -2.41. The third-order valence-corrected chi connectivity index (χ3v) is 5.82. The Labute approximate surface area is 168 Å². The molecule has 1 saturated heterocycles. The van der Waals surface area contributed by atoms with E-state index in [4.69, 9.17) is 0 Å². The molecule has 0 radical (unpaired) electrons. The quantitative estimate of drug-likeness (QED) is 0.410. The van der Waals surface area contributed by atoms with Gasteiger partial charge in [0, 0.05) is 11.6 Å². The zero-order valence-electron chi connectivity index (χ0n) is 15.9. The lowest BCUT2D eigenvalue weighted by atomic mass is 9.93. The average molecular weight is 386 g/mol. The van der Waals surface area contributed by atoms with Crippen LogP contribution in [0.2, 0.25) is 0 Å². The summed E-state index contributed by atoms with van der Waals surface area (Å²) in [6.45, 7) is 0. The molecule has 0 saturated carbocycles. The van der Waals surface area contributed by atoms with E-state index < -0.39 is 0 Å². The van der Waals surface area contributed by atoms with Crippen molar-refractivity contribution in [1.29, 1.82) is 0 Å². The minimum atomic E-state index is -0.385. The van der Waals surface area contributed by atoms with Crippen LogP contribution in [0.1, 0.15) is 34.7 Å². The first kappa shape index (κ1) is 17.8. The summed E-state index contributed by atoms with van der Waals surface area (Å²) in [6, 6.07) is 17.4. The molecular formula is C23H22N4O2. The summed E-state index contributed by atoms with van der Waals surface area (Å²) in [6.07, 6.45) is 4.28. The molecule has 1 aliphatic heterocycles. The first-order valence-corrected chi connectivity index (χ1v) is 9.86. The SMILES string of the molecule is O=C(N/N=C/c1ccccc1O)C1CC(c2ccc3c4c(cccc24)CC3)NN1. The molecule has 2 aliphatic rings. The van der Waals surface area contributed by atoms with Gasteiger partial charge in [0.2, 0.25) is 0 Å². The largest absolute Gasteiger partial charge is 0.507 e. The van der Waals surface area contributed by atoms with Gasteiger partial charge in [0.1, 0.15) is 11.8 Å². The minimum absolute atomic E-state index is 0.0535. The van der Waals surface area contributed by atoms with E-state index in [1.54, 1.807) is 24.3 Å². The van der Waals surface area contributed by atoms with Crippen LogP contribution in [0.3, 0.4) is 0 Å². The number of carbonyl (C=O) groups is 1. The van der Waals surface area contributed by atoms with E-state index in [1.165, 1.54) is 33.7 Å². The number of amides is 1. The fourth-order valence-electron chi connectivity index (χ4n) is 4.35. The van der Waals surface area contributed by atoms with Crippen molar-refractivity contribution >= 4 is 22.9 Å². The second kappa shape index (κ2) is 7.31. The average Bonchev–Trinajstić information content (AvgIpc) is 3.39. The van der Waals surface area contributed by atoms with Gasteiger partial charge in [-0.15, -0.1) is 0 Å². The van der Waals surface area contributed by atoms with Gasteiger partial charge in [-0.2, -0.15) is 5.10 Å². The maximum atomic E-state index is 12.5. The molecule has 3 aromatic rings. The molecule has 0 spiro atoms. The molecule has 4 N–H and O–H groups in total. The Bertz CT molecular complexity index is 1110. The fraction of sp³-hybridized carbons (Fsp3) is 0.217. The zero-order valence-corrected chi connectivity index (χ0v) is 15.9. The highest BCUT2D eigenvalue weighted by molar-refractivity contribution is 5.94. The smallest absolute Gasteiger partial charge is 0.258 e. The number of rotatable bonds is 4. The molecule has 146 valence electrons. The summed E-state index contributed by atoms with van der Waals surface area (Å²) in [4.78, 5) is 12.5. The van der Waals surface area contributed by atoms with Gasteiger partial charge >= 0.3 is 0 Å². The highest BCUT2D eigenvalue weighted by Crippen LogP contribution is 2.36. The maximum absolute atomic E-state index is 12.5. The van der Waals surface area contributed by atoms with E-state index in [1.807, 2.05) is 0 Å². The number of para-hydroxylation sites is 1. The molecule has 5 rings (SSSR count). The molecule has 2 unspecified atom stereocenters. The van der Waals surface area contributed by atoms with Gasteiger partial charge < -0.3 is 5.11 Å². The Morgan fingerprint density at radius 2 is 1.86 bits per heavy atom. The van der Waals surface area contributed by atoms with Gasteiger partial charge in [0.15, 0.2) is 0 Å². The summed E-state index contributed by atoms with van der Waals surface area (Å²) < 4.78 is 0. The van der Waals surface area contributed by atoms with E-state index in [2.05, 4.69) is 51.7 Å². The molecule has 0 bridgehead atoms. The van der Waals surface area contributed by atoms with Crippen molar-refractivity contribution < 1.29 is 9.90 Å². The number of aryl methyl sites for hydroxylation is 2. The van der Waals surface area contributed by atoms with Crippen molar-refractivity contribution in [3.05, 3.63) is 76.9 Å². The van der Waals surface area contributed by atoms with Crippen molar-refractivity contribution in [2.75, 3.05) is 0 Å². The molecule has 1 fully saturated rings. The van der Waals surface area contributed by atoms with Crippen molar-refractivity contribution in [2.45, 2.75) is 31.3 Å². The van der Waals surface area contributed by atoms with E-state index in [0.717, 1.165) is 12.8 Å². The van der Waals surface area contributed by atoms with Crippen molar-refractivity contribution in [1.82, 2.24) is 16.3 Å². The molecule has 29 heavy (non-hydrogen) atoms. The molecular weight excluding hydrogens is 364 g/mol. The van der Waals surface area contributed by atoms with Gasteiger partial charge in [-0.3, -0.25) is 4.79 Å². The predicted octanol–water partition coefficient (Wildman–Crippen LogP) is 2.70. The first-order valence-electron chi connectivity index (χ1n) is 9.86. The molecule has 6 heteroatoms. The number of hydrogen-bond acceptors (Lipinski definition) is 5. The topological polar surface area (TPSA) is 85.8 Å². The Hall–Kier alpha value is -3.22. The number of benzene rings is 3. The van der Waals surface area contributed by atoms with Gasteiger partial charge in [0.25, 0.3) is 5.91 Å². The Kier molecular flexibility index (Phi) is 4.50. The number of phenols is 1. The van der Waals surface area contributed by atoms with Gasteiger partial charge in [-0.25, -0.2) is 16.3 Å². The summed E-state index contributed by atoms with van der Waals surface area (Å²) in [5.41, 5.74) is 13.5. The highest BCUT2D eigenvalue weighted by Gasteiger charge is 2.31. The number of hydrazone groups is 1. The van der Waals surface area contributed by atoms with Crippen LogP contribution in [-0.2, 0) is 17.6 Å². The van der Waals surface area contributed by atoms with Crippen LogP contribution < -0.4 is 16.3 Å². The Morgan fingerprint density at radius 1 is 1.03 bits per heavy atom. The van der Waals surface area contributed by atoms with Crippen LogP contribution in [0.4, 0.5) is 0 Å². The standard InChI is InChI=1S/C23H22N4O2/c28-21-7-2-1-4-16(21)13-24-27-23(29)20-12-19(25-26-20)17-11-10-15-9-8-14-5-3-6-18(17)22(14)15/h1-7,10-11,13,19-20,25-26,28H,8-9,12H2,(H,27,29)/b24-13+. The molecule has 2 atom stereocenters. The van der Waals surface area contributed by atoms with E-state index in [0.29, 0.717) is 12.0 Å². The molecule has 1 aliphatic carbocycles.